The summed E-state index contributed by atoms with van der Waals surface area (Å²) in [6.07, 6.45) is 8.01. The number of aliphatic imine (C=N–C) groups is 1. The van der Waals surface area contributed by atoms with Gasteiger partial charge in [-0.2, -0.15) is 0 Å². The molecule has 1 heterocycles. The van der Waals surface area contributed by atoms with Crippen molar-refractivity contribution < 1.29 is 0 Å². The average Bonchev–Trinajstić information content (AvgIpc) is 2.62. The van der Waals surface area contributed by atoms with Gasteiger partial charge in [0.15, 0.2) is 0 Å². The van der Waals surface area contributed by atoms with Crippen molar-refractivity contribution in [2.24, 2.45) is 4.99 Å². The van der Waals surface area contributed by atoms with E-state index in [1.54, 1.807) is 0 Å². The van der Waals surface area contributed by atoms with Crippen LogP contribution in [0.25, 0.3) is 0 Å². The first-order valence-electron chi connectivity index (χ1n) is 5.02. The Bertz CT molecular complexity index is 356. The Morgan fingerprint density at radius 1 is 1.50 bits per heavy atom. The van der Waals surface area contributed by atoms with Crippen molar-refractivity contribution in [1.29, 1.82) is 0 Å². The van der Waals surface area contributed by atoms with Gasteiger partial charge >= 0.3 is 0 Å². The van der Waals surface area contributed by atoms with Gasteiger partial charge in [0.2, 0.25) is 0 Å². The smallest absolute Gasteiger partial charge is 0.101 e. The second-order valence-corrected chi connectivity index (χ2v) is 3.97. The zero-order valence-electron chi connectivity index (χ0n) is 7.86. The normalized spacial score (nSPS) is 29.6. The number of allylic oxidation sites excluding steroid dienone is 2. The summed E-state index contributed by atoms with van der Waals surface area (Å²) in [5.41, 5.74) is 6.20. The van der Waals surface area contributed by atoms with Gasteiger partial charge < -0.3 is 10.4 Å². The second-order valence-electron chi connectivity index (χ2n) is 3.97. The van der Waals surface area contributed by atoms with Gasteiger partial charge in [0.1, 0.15) is 6.34 Å². The molecule has 0 bridgehead atoms. The molecule has 3 rings (SSSR count). The number of nitrogens with one attached hydrogen (secondary N) is 1. The van der Waals surface area contributed by atoms with Gasteiger partial charge in [0, 0.05) is 5.70 Å². The van der Waals surface area contributed by atoms with Crippen LogP contribution in [0.5, 0.6) is 0 Å². The summed E-state index contributed by atoms with van der Waals surface area (Å²) >= 11 is 0. The molecule has 0 saturated carbocycles. The molecule has 0 fully saturated rings. The van der Waals surface area contributed by atoms with Crippen molar-refractivity contribution >= 4 is 6.34 Å². The lowest BCUT2D eigenvalue weighted by Gasteiger charge is -2.40. The fourth-order valence-corrected chi connectivity index (χ4v) is 2.42. The Morgan fingerprint density at radius 3 is 3.36 bits per heavy atom. The Hall–Kier alpha value is -1.29. The lowest BCUT2D eigenvalue weighted by atomic mass is 9.94. The molecule has 0 aromatic heterocycles. The molecule has 1 unspecified atom stereocenters. The first-order valence-corrected chi connectivity index (χ1v) is 5.02. The summed E-state index contributed by atoms with van der Waals surface area (Å²) in [5.74, 6) is 0. The molecule has 14 heavy (non-hydrogen) atoms. The van der Waals surface area contributed by atoms with Gasteiger partial charge in [-0.25, -0.2) is 0 Å². The zero-order chi connectivity index (χ0) is 9.54. The molecule has 4 nitrogen and oxygen atoms in total. The minimum absolute atomic E-state index is 0.0607. The van der Waals surface area contributed by atoms with Gasteiger partial charge in [0.25, 0.3) is 0 Å². The van der Waals surface area contributed by atoms with E-state index >= 15 is 0 Å². The van der Waals surface area contributed by atoms with E-state index in [0.717, 1.165) is 23.7 Å². The summed E-state index contributed by atoms with van der Waals surface area (Å²) in [4.78, 5) is 4.28. The molecule has 0 amide bonds. The third kappa shape index (κ3) is 1.07. The van der Waals surface area contributed by atoms with Gasteiger partial charge in [-0.05, 0) is 37.3 Å². The van der Waals surface area contributed by atoms with E-state index in [9.17, 15) is 5.21 Å². The standard InChI is InChI=1S/C10H12N3O/c14-13-10-5-8-3-1-2-7(8)4-9(10)11-6-12-13/h5-6,9H,1-4H2,(H,11,12)/q-1. The molecule has 0 radical (unpaired) electrons. The van der Waals surface area contributed by atoms with Crippen LogP contribution in [0, 0.1) is 5.21 Å². The molecule has 74 valence electrons. The second kappa shape index (κ2) is 2.85. The average molecular weight is 190 g/mol. The molecule has 0 aromatic rings. The lowest BCUT2D eigenvalue weighted by molar-refractivity contribution is 0.368. The molecule has 1 aliphatic heterocycles. The molecule has 4 heteroatoms. The predicted octanol–water partition coefficient (Wildman–Crippen LogP) is 1.47. The maximum Gasteiger partial charge on any atom is 0.101 e. The number of hydroxylamine groups is 1. The number of hydrogen-bond acceptors (Lipinski definition) is 4. The zero-order valence-corrected chi connectivity index (χ0v) is 7.86. The fourth-order valence-electron chi connectivity index (χ4n) is 2.42. The number of fused-ring (bicyclic) bond motifs is 1. The number of hydrogen-bond donors (Lipinski definition) is 1. The molecular formula is C10H12N3O-. The quantitative estimate of drug-likeness (QED) is 0.629. The molecule has 0 saturated heterocycles. The highest BCUT2D eigenvalue weighted by Gasteiger charge is 2.27. The number of rotatable bonds is 0. The molecular weight excluding hydrogens is 178 g/mol. The third-order valence-corrected chi connectivity index (χ3v) is 3.15. The van der Waals surface area contributed by atoms with E-state index in [1.807, 2.05) is 6.08 Å². The maximum atomic E-state index is 11.4. The molecule has 0 spiro atoms. The maximum absolute atomic E-state index is 11.4. The van der Waals surface area contributed by atoms with Crippen LogP contribution in [0.2, 0.25) is 0 Å². The topological polar surface area (TPSA) is 50.7 Å². The van der Waals surface area contributed by atoms with Crippen LogP contribution in [-0.2, 0) is 0 Å². The minimum atomic E-state index is 0.0607. The van der Waals surface area contributed by atoms with Gasteiger partial charge in [-0.1, -0.05) is 5.57 Å². The molecule has 1 atom stereocenters. The highest BCUT2D eigenvalue weighted by atomic mass is 16.5. The third-order valence-electron chi connectivity index (χ3n) is 3.15. The summed E-state index contributed by atoms with van der Waals surface area (Å²) < 4.78 is 0. The Kier molecular flexibility index (Phi) is 1.64. The van der Waals surface area contributed by atoms with Crippen molar-refractivity contribution in [2.75, 3.05) is 0 Å². The van der Waals surface area contributed by atoms with Gasteiger partial charge in [-0.15, -0.1) is 0 Å². The fraction of sp³-hybridized carbons (Fsp3) is 0.500. The minimum Gasteiger partial charge on any atom is -0.739 e. The van der Waals surface area contributed by atoms with Crippen LogP contribution in [0.15, 0.2) is 27.9 Å². The van der Waals surface area contributed by atoms with Crippen molar-refractivity contribution in [3.63, 3.8) is 0 Å². The van der Waals surface area contributed by atoms with E-state index in [1.165, 1.54) is 30.3 Å². The van der Waals surface area contributed by atoms with E-state index in [0.29, 0.717) is 0 Å². The summed E-state index contributed by atoms with van der Waals surface area (Å²) in [6, 6.07) is 0.0607. The van der Waals surface area contributed by atoms with E-state index in [-0.39, 0.29) is 6.04 Å². The van der Waals surface area contributed by atoms with Gasteiger partial charge in [0.05, 0.1) is 6.04 Å². The van der Waals surface area contributed by atoms with Crippen LogP contribution in [0.3, 0.4) is 0 Å². The van der Waals surface area contributed by atoms with Gasteiger partial charge in [-0.3, -0.25) is 10.4 Å². The Labute approximate surface area is 82.6 Å². The molecule has 2 aliphatic carbocycles. The first-order chi connectivity index (χ1) is 6.84. The molecule has 0 aromatic carbocycles. The summed E-state index contributed by atoms with van der Waals surface area (Å²) in [7, 11) is 0. The molecule has 1 N–H and O–H groups in total. The SMILES string of the molecule is [O-]N1NC=NC2CC3=C(C=C21)CCC3. The summed E-state index contributed by atoms with van der Waals surface area (Å²) in [6.45, 7) is 0. The van der Waals surface area contributed by atoms with Crippen LogP contribution >= 0.6 is 0 Å². The van der Waals surface area contributed by atoms with Crippen molar-refractivity contribution in [3.05, 3.63) is 28.1 Å². The number of hydrazine groups is 1. The van der Waals surface area contributed by atoms with E-state index < -0.39 is 0 Å². The summed E-state index contributed by atoms with van der Waals surface area (Å²) in [5, 5.41) is 12.3. The largest absolute Gasteiger partial charge is 0.739 e. The highest BCUT2D eigenvalue weighted by Crippen LogP contribution is 2.37. The lowest BCUT2D eigenvalue weighted by Crippen LogP contribution is -2.40. The van der Waals surface area contributed by atoms with Crippen molar-refractivity contribution in [3.8, 4) is 0 Å². The number of nitrogens with zero attached hydrogens (tertiary/aromatic N) is 2. The van der Waals surface area contributed by atoms with Crippen molar-refractivity contribution in [2.45, 2.75) is 31.7 Å². The van der Waals surface area contributed by atoms with Crippen LogP contribution < -0.4 is 5.43 Å². The van der Waals surface area contributed by atoms with E-state index in [2.05, 4.69) is 10.4 Å². The van der Waals surface area contributed by atoms with Crippen molar-refractivity contribution in [1.82, 2.24) is 10.6 Å². The Balaban J connectivity index is 1.99. The van der Waals surface area contributed by atoms with Crippen LogP contribution in [0.4, 0.5) is 0 Å². The Morgan fingerprint density at radius 2 is 2.43 bits per heavy atom. The monoisotopic (exact) mass is 190 g/mol. The highest BCUT2D eigenvalue weighted by molar-refractivity contribution is 5.58. The van der Waals surface area contributed by atoms with E-state index in [4.69, 9.17) is 0 Å². The first kappa shape index (κ1) is 8.05. The van der Waals surface area contributed by atoms with Crippen LogP contribution in [-0.4, -0.2) is 17.6 Å². The molecule has 3 aliphatic rings. The predicted molar refractivity (Wildman–Crippen MR) is 54.2 cm³/mol. The van der Waals surface area contributed by atoms with Crippen LogP contribution in [0.1, 0.15) is 25.7 Å².